The van der Waals surface area contributed by atoms with E-state index >= 15 is 0 Å². The fourth-order valence-electron chi connectivity index (χ4n) is 10.5. The van der Waals surface area contributed by atoms with Crippen molar-refractivity contribution in [1.82, 2.24) is 4.57 Å². The third-order valence-electron chi connectivity index (χ3n) is 13.4. The summed E-state index contributed by atoms with van der Waals surface area (Å²) in [6, 6.07) is 84.7. The summed E-state index contributed by atoms with van der Waals surface area (Å²) in [5.41, 5.74) is 19.3. The van der Waals surface area contributed by atoms with E-state index in [-0.39, 0.29) is 5.41 Å². The lowest BCUT2D eigenvalue weighted by Gasteiger charge is -2.30. The highest BCUT2D eigenvalue weighted by atomic mass is 15.1. The van der Waals surface area contributed by atoms with Gasteiger partial charge in [0.1, 0.15) is 0 Å². The van der Waals surface area contributed by atoms with Gasteiger partial charge < -0.3 is 9.47 Å². The molecule has 12 rings (SSSR count). The van der Waals surface area contributed by atoms with Gasteiger partial charge in [0.15, 0.2) is 0 Å². The van der Waals surface area contributed by atoms with Gasteiger partial charge in [0.05, 0.1) is 16.7 Å². The molecule has 0 bridgehead atoms. The smallest absolute Gasteiger partial charge is 0.0547 e. The van der Waals surface area contributed by atoms with Crippen molar-refractivity contribution in [3.8, 4) is 50.2 Å². The van der Waals surface area contributed by atoms with Crippen LogP contribution in [0.4, 0.5) is 17.1 Å². The number of hydrogen-bond donors (Lipinski definition) is 0. The van der Waals surface area contributed by atoms with Gasteiger partial charge in [-0.3, -0.25) is 0 Å². The molecule has 2 nitrogen and oxygen atoms in total. The first-order valence-corrected chi connectivity index (χ1v) is 21.9. The fourth-order valence-corrected chi connectivity index (χ4v) is 10.5. The van der Waals surface area contributed by atoms with Crippen molar-refractivity contribution in [3.05, 3.63) is 242 Å². The van der Waals surface area contributed by atoms with E-state index in [0.29, 0.717) is 0 Å². The summed E-state index contributed by atoms with van der Waals surface area (Å²) in [6.45, 7) is 4.74. The van der Waals surface area contributed by atoms with E-state index in [2.05, 4.69) is 254 Å². The Morgan fingerprint density at radius 2 is 0.937 bits per heavy atom. The predicted molar refractivity (Wildman–Crippen MR) is 267 cm³/mol. The molecular formula is C61H44N2. The van der Waals surface area contributed by atoms with Crippen molar-refractivity contribution in [1.29, 1.82) is 0 Å². The molecule has 0 radical (unpaired) electrons. The summed E-state index contributed by atoms with van der Waals surface area (Å²) in [4.78, 5) is 2.50. The van der Waals surface area contributed by atoms with Crippen LogP contribution in [0.1, 0.15) is 25.0 Å². The van der Waals surface area contributed by atoms with Crippen LogP contribution in [0, 0.1) is 0 Å². The van der Waals surface area contributed by atoms with Crippen LogP contribution in [-0.4, -0.2) is 4.57 Å². The molecule has 1 aromatic heterocycles. The maximum absolute atomic E-state index is 2.50. The molecule has 0 saturated carbocycles. The lowest BCUT2D eigenvalue weighted by atomic mass is 9.82. The number of benzene rings is 10. The number of hydrogen-bond acceptors (Lipinski definition) is 1. The summed E-state index contributed by atoms with van der Waals surface area (Å²) >= 11 is 0. The molecule has 1 aliphatic rings. The lowest BCUT2D eigenvalue weighted by Crippen LogP contribution is -2.17. The first-order chi connectivity index (χ1) is 31.0. The Hall–Kier alpha value is -7.94. The summed E-state index contributed by atoms with van der Waals surface area (Å²) in [5, 5.41) is 4.96. The lowest BCUT2D eigenvalue weighted by molar-refractivity contribution is 0.660. The number of aromatic nitrogens is 1. The highest BCUT2D eigenvalue weighted by Crippen LogP contribution is 2.52. The van der Waals surface area contributed by atoms with Gasteiger partial charge in [-0.1, -0.05) is 190 Å². The Bertz CT molecular complexity index is 3530. The predicted octanol–water partition coefficient (Wildman–Crippen LogP) is 16.7. The van der Waals surface area contributed by atoms with Crippen molar-refractivity contribution in [2.75, 3.05) is 4.90 Å². The summed E-state index contributed by atoms with van der Waals surface area (Å²) < 4.78 is 2.40. The second-order valence-electron chi connectivity index (χ2n) is 17.3. The number of fused-ring (bicyclic) bond motifs is 7. The zero-order chi connectivity index (χ0) is 42.1. The summed E-state index contributed by atoms with van der Waals surface area (Å²) in [6.07, 6.45) is 0. The molecule has 0 saturated heterocycles. The minimum absolute atomic E-state index is 0.155. The average molecular weight is 805 g/mol. The fraction of sp³-hybridized carbons (Fsp3) is 0.0492. The minimum Gasteiger partial charge on any atom is -0.310 e. The molecule has 1 aliphatic carbocycles. The van der Waals surface area contributed by atoms with Crippen LogP contribution < -0.4 is 4.90 Å². The molecule has 0 atom stereocenters. The van der Waals surface area contributed by atoms with Crippen LogP contribution in [0.5, 0.6) is 0 Å². The standard InChI is InChI=1S/C61H44N2/c1-61(2)54-33-12-9-27-49(54)50-38-37-46(40-55(50)61)62(56-34-13-10-28-51(56)52-32-17-22-42-21-16-30-47(59(42)52)41-19-5-3-6-20-41)45-26-15-23-43(39-45)48-31-18-36-58-60(48)53-29-11-14-35-57(53)63(58)44-24-7-4-8-25-44/h3-40H,1-2H3. The summed E-state index contributed by atoms with van der Waals surface area (Å²) in [5.74, 6) is 0. The Balaban J connectivity index is 1.10. The Labute approximate surface area is 368 Å². The number of anilines is 3. The molecule has 0 N–H and O–H groups in total. The van der Waals surface area contributed by atoms with Gasteiger partial charge in [-0.2, -0.15) is 0 Å². The van der Waals surface area contributed by atoms with Crippen LogP contribution in [0.25, 0.3) is 82.8 Å². The van der Waals surface area contributed by atoms with Crippen LogP contribution in [0.3, 0.4) is 0 Å². The van der Waals surface area contributed by atoms with Crippen LogP contribution in [0.2, 0.25) is 0 Å². The molecule has 0 spiro atoms. The number of rotatable bonds is 7. The molecule has 2 heteroatoms. The van der Waals surface area contributed by atoms with Crippen molar-refractivity contribution >= 4 is 49.6 Å². The van der Waals surface area contributed by atoms with Crippen LogP contribution in [0.15, 0.2) is 231 Å². The van der Waals surface area contributed by atoms with Gasteiger partial charge in [-0.15, -0.1) is 0 Å². The average Bonchev–Trinajstić information content (AvgIpc) is 3.80. The zero-order valence-corrected chi connectivity index (χ0v) is 35.3. The van der Waals surface area contributed by atoms with Crippen molar-refractivity contribution < 1.29 is 0 Å². The van der Waals surface area contributed by atoms with Gasteiger partial charge >= 0.3 is 0 Å². The highest BCUT2D eigenvalue weighted by Gasteiger charge is 2.36. The zero-order valence-electron chi connectivity index (χ0n) is 35.3. The van der Waals surface area contributed by atoms with E-state index in [1.54, 1.807) is 0 Å². The first kappa shape index (κ1) is 36.9. The molecule has 0 unspecified atom stereocenters. The molecule has 11 aromatic rings. The van der Waals surface area contributed by atoms with E-state index in [1.807, 2.05) is 0 Å². The molecule has 0 fully saturated rings. The molecule has 10 aromatic carbocycles. The Morgan fingerprint density at radius 1 is 0.365 bits per heavy atom. The van der Waals surface area contributed by atoms with Crippen LogP contribution in [-0.2, 0) is 5.41 Å². The van der Waals surface area contributed by atoms with Crippen LogP contribution >= 0.6 is 0 Å². The molecule has 63 heavy (non-hydrogen) atoms. The van der Waals surface area contributed by atoms with Gasteiger partial charge in [0, 0.05) is 38.8 Å². The van der Waals surface area contributed by atoms with Gasteiger partial charge in [0.2, 0.25) is 0 Å². The van der Waals surface area contributed by atoms with E-state index in [1.165, 1.54) is 88.2 Å². The highest BCUT2D eigenvalue weighted by molar-refractivity contribution is 6.16. The maximum Gasteiger partial charge on any atom is 0.0547 e. The molecule has 0 amide bonds. The molecule has 298 valence electrons. The monoisotopic (exact) mass is 804 g/mol. The number of nitrogens with zero attached hydrogens (tertiary/aromatic N) is 2. The second kappa shape index (κ2) is 14.6. The van der Waals surface area contributed by atoms with Gasteiger partial charge in [-0.05, 0) is 115 Å². The Morgan fingerprint density at radius 3 is 1.76 bits per heavy atom. The number of para-hydroxylation sites is 3. The third kappa shape index (κ3) is 5.86. The molecule has 0 aliphatic heterocycles. The van der Waals surface area contributed by atoms with E-state index in [0.717, 1.165) is 22.7 Å². The van der Waals surface area contributed by atoms with E-state index < -0.39 is 0 Å². The van der Waals surface area contributed by atoms with Crippen molar-refractivity contribution in [3.63, 3.8) is 0 Å². The Kier molecular flexibility index (Phi) is 8.55. The third-order valence-corrected chi connectivity index (χ3v) is 13.4. The normalized spacial score (nSPS) is 12.7. The van der Waals surface area contributed by atoms with Gasteiger partial charge in [-0.25, -0.2) is 0 Å². The van der Waals surface area contributed by atoms with Crippen molar-refractivity contribution in [2.45, 2.75) is 19.3 Å². The quantitative estimate of drug-likeness (QED) is 0.156. The molecular weight excluding hydrogens is 761 g/mol. The largest absolute Gasteiger partial charge is 0.310 e. The van der Waals surface area contributed by atoms with E-state index in [4.69, 9.17) is 0 Å². The topological polar surface area (TPSA) is 8.17 Å². The van der Waals surface area contributed by atoms with Crippen molar-refractivity contribution in [2.24, 2.45) is 0 Å². The van der Waals surface area contributed by atoms with E-state index in [9.17, 15) is 0 Å². The summed E-state index contributed by atoms with van der Waals surface area (Å²) in [7, 11) is 0. The minimum atomic E-state index is -0.155. The maximum atomic E-state index is 2.50. The second-order valence-corrected chi connectivity index (χ2v) is 17.3. The first-order valence-electron chi connectivity index (χ1n) is 21.9. The SMILES string of the molecule is CC1(C)c2ccccc2-c2ccc(N(c3cccc(-c4cccc5c4c4ccccc4n5-c4ccccc4)c3)c3ccccc3-c3cccc4cccc(-c5ccccc5)c34)cc21. The van der Waals surface area contributed by atoms with Gasteiger partial charge in [0.25, 0.3) is 0 Å². The molecule has 1 heterocycles.